The van der Waals surface area contributed by atoms with E-state index in [1.165, 1.54) is 12.1 Å². The Morgan fingerprint density at radius 3 is 2.95 bits per heavy atom. The molecule has 0 spiro atoms. The molecule has 1 fully saturated rings. The van der Waals surface area contributed by atoms with Gasteiger partial charge in [0, 0.05) is 25.2 Å². The summed E-state index contributed by atoms with van der Waals surface area (Å²) in [5.74, 6) is -0.439. The fourth-order valence-electron chi connectivity index (χ4n) is 2.41. The number of rotatable bonds is 4. The van der Waals surface area contributed by atoms with Crippen LogP contribution in [0.2, 0.25) is 0 Å². The first kappa shape index (κ1) is 15.4. The minimum atomic E-state index is -0.481. The van der Waals surface area contributed by atoms with Crippen LogP contribution in [0, 0.1) is 24.9 Å². The van der Waals surface area contributed by atoms with Crippen LogP contribution < -0.4 is 10.6 Å². The number of halogens is 2. The van der Waals surface area contributed by atoms with Gasteiger partial charge in [-0.15, -0.1) is 0 Å². The van der Waals surface area contributed by atoms with E-state index in [2.05, 4.69) is 17.6 Å². The fraction of sp³-hybridized carbons (Fsp3) is 0.538. The lowest BCUT2D eigenvalue weighted by Gasteiger charge is -2.34. The zero-order chi connectivity index (χ0) is 14.8. The largest absolute Gasteiger partial charge is 0.379 e. The van der Waals surface area contributed by atoms with Crippen molar-refractivity contribution in [2.24, 2.45) is 5.41 Å². The second-order valence-electron chi connectivity index (χ2n) is 5.49. The van der Waals surface area contributed by atoms with Crippen LogP contribution in [-0.2, 0) is 0 Å². The molecule has 2 N–H and O–H groups in total. The van der Waals surface area contributed by atoms with Gasteiger partial charge in [0.2, 0.25) is 0 Å². The summed E-state index contributed by atoms with van der Waals surface area (Å²) in [6, 6.07) is 2.47. The summed E-state index contributed by atoms with van der Waals surface area (Å²) in [6.45, 7) is 4.58. The molecule has 1 unspecified atom stereocenters. The number of hydrogen-bond acceptors (Lipinski definition) is 4. The molecule has 110 valence electrons. The van der Waals surface area contributed by atoms with Crippen molar-refractivity contribution in [3.05, 3.63) is 31.6 Å². The third-order valence-electron chi connectivity index (χ3n) is 3.63. The summed E-state index contributed by atoms with van der Waals surface area (Å²) in [7, 11) is 0. The van der Waals surface area contributed by atoms with E-state index in [-0.39, 0.29) is 20.4 Å². The third kappa shape index (κ3) is 3.57. The third-order valence-corrected chi connectivity index (χ3v) is 4.45. The zero-order valence-corrected chi connectivity index (χ0v) is 13.4. The van der Waals surface area contributed by atoms with Gasteiger partial charge in [-0.25, -0.2) is 4.39 Å². The van der Waals surface area contributed by atoms with Gasteiger partial charge < -0.3 is 10.6 Å². The molecular weight excluding hydrogens is 376 g/mol. The fourth-order valence-corrected chi connectivity index (χ4v) is 2.86. The van der Waals surface area contributed by atoms with Gasteiger partial charge in [-0.3, -0.25) is 10.1 Å². The predicted octanol–water partition coefficient (Wildman–Crippen LogP) is 3.14. The van der Waals surface area contributed by atoms with Crippen LogP contribution >= 0.6 is 22.6 Å². The maximum atomic E-state index is 13.6. The second kappa shape index (κ2) is 6.21. The Bertz CT molecular complexity index is 519. The first-order valence-electron chi connectivity index (χ1n) is 6.49. The predicted molar refractivity (Wildman–Crippen MR) is 84.5 cm³/mol. The normalized spacial score (nSPS) is 22.6. The minimum absolute atomic E-state index is 0.0333. The Labute approximate surface area is 130 Å². The molecule has 0 saturated carbocycles. The average Bonchev–Trinajstić information content (AvgIpc) is 2.40. The van der Waals surface area contributed by atoms with Crippen LogP contribution in [0.15, 0.2) is 12.1 Å². The van der Waals surface area contributed by atoms with Crippen molar-refractivity contribution in [1.29, 1.82) is 0 Å². The van der Waals surface area contributed by atoms with E-state index in [0.717, 1.165) is 25.9 Å². The van der Waals surface area contributed by atoms with E-state index in [4.69, 9.17) is 0 Å². The summed E-state index contributed by atoms with van der Waals surface area (Å²) in [4.78, 5) is 10.6. The molecule has 0 radical (unpaired) electrons. The van der Waals surface area contributed by atoms with Crippen LogP contribution in [0.1, 0.15) is 19.8 Å². The van der Waals surface area contributed by atoms with E-state index >= 15 is 0 Å². The van der Waals surface area contributed by atoms with Gasteiger partial charge in [0.25, 0.3) is 5.69 Å². The zero-order valence-electron chi connectivity index (χ0n) is 11.2. The van der Waals surface area contributed by atoms with Gasteiger partial charge in [0.15, 0.2) is 0 Å². The highest BCUT2D eigenvalue weighted by atomic mass is 127. The highest BCUT2D eigenvalue weighted by molar-refractivity contribution is 14.1. The molecule has 0 bridgehead atoms. The lowest BCUT2D eigenvalue weighted by atomic mass is 9.83. The molecule has 1 aromatic rings. The molecule has 1 aromatic carbocycles. The Balaban J connectivity index is 2.16. The van der Waals surface area contributed by atoms with Crippen LogP contribution in [-0.4, -0.2) is 24.6 Å². The number of nitro benzene ring substituents is 1. The van der Waals surface area contributed by atoms with Crippen LogP contribution in [0.25, 0.3) is 0 Å². The Morgan fingerprint density at radius 2 is 2.35 bits per heavy atom. The molecule has 5 nitrogen and oxygen atoms in total. The molecule has 2 rings (SSSR count). The molecule has 0 aromatic heterocycles. The summed E-state index contributed by atoms with van der Waals surface area (Å²) in [5, 5.41) is 17.4. The Hall–Kier alpha value is -0.960. The van der Waals surface area contributed by atoms with Crippen molar-refractivity contribution in [3.8, 4) is 0 Å². The monoisotopic (exact) mass is 393 g/mol. The van der Waals surface area contributed by atoms with Crippen LogP contribution in [0.5, 0.6) is 0 Å². The van der Waals surface area contributed by atoms with Crippen molar-refractivity contribution in [2.45, 2.75) is 19.8 Å². The Morgan fingerprint density at radius 1 is 1.60 bits per heavy atom. The van der Waals surface area contributed by atoms with Gasteiger partial charge in [0.1, 0.15) is 11.5 Å². The second-order valence-corrected chi connectivity index (χ2v) is 6.65. The number of nitro groups is 1. The maximum Gasteiger partial charge on any atom is 0.293 e. The van der Waals surface area contributed by atoms with Crippen LogP contribution in [0.3, 0.4) is 0 Å². The van der Waals surface area contributed by atoms with Gasteiger partial charge in [-0.1, -0.05) is 6.92 Å². The number of nitrogens with one attached hydrogen (secondary N) is 2. The van der Waals surface area contributed by atoms with Crippen molar-refractivity contribution in [1.82, 2.24) is 5.32 Å². The van der Waals surface area contributed by atoms with E-state index in [0.29, 0.717) is 6.54 Å². The highest BCUT2D eigenvalue weighted by Crippen LogP contribution is 2.31. The van der Waals surface area contributed by atoms with E-state index in [1.807, 2.05) is 0 Å². The number of nitrogens with zero attached hydrogens (tertiary/aromatic N) is 1. The number of anilines is 1. The van der Waals surface area contributed by atoms with E-state index in [9.17, 15) is 14.5 Å². The lowest BCUT2D eigenvalue weighted by Crippen LogP contribution is -2.42. The van der Waals surface area contributed by atoms with E-state index < -0.39 is 10.7 Å². The average molecular weight is 393 g/mol. The van der Waals surface area contributed by atoms with E-state index in [1.54, 1.807) is 22.6 Å². The summed E-state index contributed by atoms with van der Waals surface area (Å²) in [5.41, 5.74) is 0.203. The van der Waals surface area contributed by atoms with Gasteiger partial charge >= 0.3 is 0 Å². The lowest BCUT2D eigenvalue weighted by molar-refractivity contribution is -0.384. The standard InChI is InChI=1S/C13H17FIN3O2/c1-13(3-2-4-16-7-13)8-17-11-5-9(14)10(15)6-12(11)18(19)20/h5-6,16-17H,2-4,7-8H2,1H3. The minimum Gasteiger partial charge on any atom is -0.379 e. The first-order valence-corrected chi connectivity index (χ1v) is 7.57. The van der Waals surface area contributed by atoms with Gasteiger partial charge in [-0.05, 0) is 47.4 Å². The molecular formula is C13H17FIN3O2. The summed E-state index contributed by atoms with van der Waals surface area (Å²) in [6.07, 6.45) is 2.13. The molecule has 1 saturated heterocycles. The molecule has 0 amide bonds. The van der Waals surface area contributed by atoms with Crippen molar-refractivity contribution in [2.75, 3.05) is 25.0 Å². The quantitative estimate of drug-likeness (QED) is 0.469. The number of piperidine rings is 1. The number of benzene rings is 1. The molecule has 1 atom stereocenters. The highest BCUT2D eigenvalue weighted by Gasteiger charge is 2.27. The smallest absolute Gasteiger partial charge is 0.293 e. The van der Waals surface area contributed by atoms with Gasteiger partial charge in [-0.2, -0.15) is 0 Å². The molecule has 20 heavy (non-hydrogen) atoms. The molecule has 0 aliphatic carbocycles. The van der Waals surface area contributed by atoms with Crippen molar-refractivity contribution < 1.29 is 9.31 Å². The Kier molecular flexibility index (Phi) is 4.79. The topological polar surface area (TPSA) is 67.2 Å². The first-order chi connectivity index (χ1) is 9.41. The molecule has 1 aliphatic heterocycles. The van der Waals surface area contributed by atoms with Crippen molar-refractivity contribution in [3.63, 3.8) is 0 Å². The summed E-state index contributed by atoms with van der Waals surface area (Å²) >= 11 is 1.76. The summed E-state index contributed by atoms with van der Waals surface area (Å²) < 4.78 is 13.9. The molecule has 7 heteroatoms. The number of hydrogen-bond donors (Lipinski definition) is 2. The van der Waals surface area contributed by atoms with Crippen molar-refractivity contribution >= 4 is 34.0 Å². The maximum absolute atomic E-state index is 13.6. The SMILES string of the molecule is CC1(CNc2cc(F)c(I)cc2[N+](=O)[O-])CCCNC1. The van der Waals surface area contributed by atoms with Gasteiger partial charge in [0.05, 0.1) is 8.49 Å². The molecule has 1 aliphatic rings. The van der Waals surface area contributed by atoms with Crippen LogP contribution in [0.4, 0.5) is 15.8 Å². The molecule has 1 heterocycles.